The molecule has 1 rings (SSSR count). The first-order valence-electron chi connectivity index (χ1n) is 5.23. The molecule has 0 saturated heterocycles. The van der Waals surface area contributed by atoms with Gasteiger partial charge in [-0.15, -0.1) is 12.6 Å². The van der Waals surface area contributed by atoms with Gasteiger partial charge in [-0.3, -0.25) is 4.79 Å². The molecule has 16 heavy (non-hydrogen) atoms. The Morgan fingerprint density at radius 1 is 1.25 bits per heavy atom. The fourth-order valence-electron chi connectivity index (χ4n) is 1.19. The van der Waals surface area contributed by atoms with E-state index in [4.69, 9.17) is 9.47 Å². The summed E-state index contributed by atoms with van der Waals surface area (Å²) in [5.41, 5.74) is 0.930. The van der Waals surface area contributed by atoms with E-state index in [1.807, 2.05) is 31.2 Å². The van der Waals surface area contributed by atoms with Crippen LogP contribution in [0.4, 0.5) is 0 Å². The van der Waals surface area contributed by atoms with Crippen LogP contribution in [0.1, 0.15) is 12.5 Å². The molecule has 0 amide bonds. The van der Waals surface area contributed by atoms with Crippen LogP contribution in [0.3, 0.4) is 0 Å². The molecule has 0 aromatic heterocycles. The van der Waals surface area contributed by atoms with Crippen LogP contribution in [0.15, 0.2) is 29.2 Å². The summed E-state index contributed by atoms with van der Waals surface area (Å²) in [5, 5.41) is 0. The number of esters is 1. The fourth-order valence-corrected chi connectivity index (χ4v) is 1.34. The summed E-state index contributed by atoms with van der Waals surface area (Å²) in [6, 6.07) is 7.44. The van der Waals surface area contributed by atoms with E-state index < -0.39 is 0 Å². The molecule has 0 atom stereocenters. The van der Waals surface area contributed by atoms with Crippen molar-refractivity contribution in [1.29, 1.82) is 0 Å². The molecule has 0 aliphatic heterocycles. The van der Waals surface area contributed by atoms with Gasteiger partial charge in [0.2, 0.25) is 0 Å². The van der Waals surface area contributed by atoms with E-state index in [0.717, 1.165) is 10.5 Å². The van der Waals surface area contributed by atoms with Gasteiger partial charge in [0.05, 0.1) is 13.0 Å². The summed E-state index contributed by atoms with van der Waals surface area (Å²) in [5.74, 6) is -0.230. The summed E-state index contributed by atoms with van der Waals surface area (Å²) in [4.78, 5) is 12.2. The van der Waals surface area contributed by atoms with E-state index in [-0.39, 0.29) is 5.97 Å². The molecule has 0 aliphatic carbocycles. The molecule has 0 N–H and O–H groups in total. The van der Waals surface area contributed by atoms with E-state index >= 15 is 0 Å². The Balaban J connectivity index is 2.26. The summed E-state index contributed by atoms with van der Waals surface area (Å²) in [6.07, 6.45) is 0.292. The Morgan fingerprint density at radius 2 is 1.94 bits per heavy atom. The first-order chi connectivity index (χ1) is 7.72. The lowest BCUT2D eigenvalue weighted by atomic mass is 10.1. The molecule has 1 aromatic carbocycles. The van der Waals surface area contributed by atoms with E-state index in [9.17, 15) is 4.79 Å². The number of rotatable bonds is 6. The SMILES string of the molecule is CCOCCOC(=O)Cc1ccc(S)cc1. The molecule has 0 radical (unpaired) electrons. The summed E-state index contributed by atoms with van der Waals surface area (Å²) >= 11 is 4.17. The summed E-state index contributed by atoms with van der Waals surface area (Å²) in [6.45, 7) is 3.32. The minimum atomic E-state index is -0.230. The largest absolute Gasteiger partial charge is 0.463 e. The highest BCUT2D eigenvalue weighted by atomic mass is 32.1. The highest BCUT2D eigenvalue weighted by Gasteiger charge is 2.04. The van der Waals surface area contributed by atoms with E-state index in [1.165, 1.54) is 0 Å². The standard InChI is InChI=1S/C12H16O3S/c1-2-14-7-8-15-12(13)9-10-3-5-11(16)6-4-10/h3-6,16H,2,7-9H2,1H3. The number of carbonyl (C=O) groups is 1. The highest BCUT2D eigenvalue weighted by Crippen LogP contribution is 2.08. The van der Waals surface area contributed by atoms with Crippen LogP contribution in [-0.2, 0) is 20.7 Å². The Labute approximate surface area is 101 Å². The first kappa shape index (κ1) is 13.1. The lowest BCUT2D eigenvalue weighted by molar-refractivity contribution is -0.144. The van der Waals surface area contributed by atoms with Gasteiger partial charge in [-0.25, -0.2) is 0 Å². The Kier molecular flexibility index (Phi) is 5.96. The topological polar surface area (TPSA) is 35.5 Å². The lowest BCUT2D eigenvalue weighted by Crippen LogP contribution is -2.12. The van der Waals surface area contributed by atoms with Gasteiger partial charge < -0.3 is 9.47 Å². The average Bonchev–Trinajstić information content (AvgIpc) is 2.28. The van der Waals surface area contributed by atoms with Crippen molar-refractivity contribution in [2.24, 2.45) is 0 Å². The van der Waals surface area contributed by atoms with Crippen molar-refractivity contribution in [3.63, 3.8) is 0 Å². The predicted molar refractivity (Wildman–Crippen MR) is 64.9 cm³/mol. The molecular weight excluding hydrogens is 224 g/mol. The monoisotopic (exact) mass is 240 g/mol. The second-order valence-electron chi connectivity index (χ2n) is 3.26. The highest BCUT2D eigenvalue weighted by molar-refractivity contribution is 7.80. The van der Waals surface area contributed by atoms with E-state index in [1.54, 1.807) is 0 Å². The molecule has 0 aliphatic rings. The second-order valence-corrected chi connectivity index (χ2v) is 3.78. The van der Waals surface area contributed by atoms with Gasteiger partial charge in [-0.1, -0.05) is 12.1 Å². The van der Waals surface area contributed by atoms with Crippen molar-refractivity contribution >= 4 is 18.6 Å². The van der Waals surface area contributed by atoms with Gasteiger partial charge in [0.15, 0.2) is 0 Å². The van der Waals surface area contributed by atoms with Crippen molar-refractivity contribution in [3.05, 3.63) is 29.8 Å². The number of benzene rings is 1. The van der Waals surface area contributed by atoms with Gasteiger partial charge in [0.1, 0.15) is 6.61 Å². The maximum Gasteiger partial charge on any atom is 0.310 e. The van der Waals surface area contributed by atoms with Crippen LogP contribution in [0.2, 0.25) is 0 Å². The molecule has 0 bridgehead atoms. The minimum absolute atomic E-state index is 0.230. The van der Waals surface area contributed by atoms with Crippen molar-refractivity contribution in [2.75, 3.05) is 19.8 Å². The fraction of sp³-hybridized carbons (Fsp3) is 0.417. The maximum absolute atomic E-state index is 11.4. The Morgan fingerprint density at radius 3 is 2.56 bits per heavy atom. The molecule has 0 unspecified atom stereocenters. The Bertz CT molecular complexity index is 322. The van der Waals surface area contributed by atoms with Gasteiger partial charge in [-0.05, 0) is 24.6 Å². The number of thiol groups is 1. The van der Waals surface area contributed by atoms with Crippen LogP contribution >= 0.6 is 12.6 Å². The van der Waals surface area contributed by atoms with E-state index in [0.29, 0.717) is 26.2 Å². The van der Waals surface area contributed by atoms with Crippen molar-refractivity contribution < 1.29 is 14.3 Å². The van der Waals surface area contributed by atoms with Gasteiger partial charge in [-0.2, -0.15) is 0 Å². The number of ether oxygens (including phenoxy) is 2. The Hall–Kier alpha value is -1.00. The first-order valence-corrected chi connectivity index (χ1v) is 5.68. The molecular formula is C12H16O3S. The summed E-state index contributed by atoms with van der Waals surface area (Å²) < 4.78 is 10.1. The van der Waals surface area contributed by atoms with Crippen LogP contribution in [0.25, 0.3) is 0 Å². The van der Waals surface area contributed by atoms with Gasteiger partial charge in [0, 0.05) is 11.5 Å². The van der Waals surface area contributed by atoms with Gasteiger partial charge >= 0.3 is 5.97 Å². The third-order valence-corrected chi connectivity index (χ3v) is 2.28. The number of hydrogen-bond acceptors (Lipinski definition) is 4. The third-order valence-electron chi connectivity index (χ3n) is 1.98. The molecule has 0 heterocycles. The molecule has 0 spiro atoms. The predicted octanol–water partition coefficient (Wildman–Crippen LogP) is 2.10. The van der Waals surface area contributed by atoms with Crippen LogP contribution < -0.4 is 0 Å². The number of carbonyl (C=O) groups excluding carboxylic acids is 1. The minimum Gasteiger partial charge on any atom is -0.463 e. The molecule has 0 fully saturated rings. The van der Waals surface area contributed by atoms with Crippen molar-refractivity contribution in [2.45, 2.75) is 18.2 Å². The molecule has 4 heteroatoms. The second kappa shape index (κ2) is 7.30. The van der Waals surface area contributed by atoms with E-state index in [2.05, 4.69) is 12.6 Å². The zero-order valence-corrected chi connectivity index (χ0v) is 10.2. The molecule has 1 aromatic rings. The molecule has 0 saturated carbocycles. The van der Waals surface area contributed by atoms with Crippen LogP contribution in [0.5, 0.6) is 0 Å². The van der Waals surface area contributed by atoms with Crippen molar-refractivity contribution in [3.8, 4) is 0 Å². The van der Waals surface area contributed by atoms with Crippen LogP contribution in [0, 0.1) is 0 Å². The zero-order chi connectivity index (χ0) is 11.8. The lowest BCUT2D eigenvalue weighted by Gasteiger charge is -2.05. The van der Waals surface area contributed by atoms with Crippen molar-refractivity contribution in [1.82, 2.24) is 0 Å². The zero-order valence-electron chi connectivity index (χ0n) is 9.31. The summed E-state index contributed by atoms with van der Waals surface area (Å²) in [7, 11) is 0. The maximum atomic E-state index is 11.4. The smallest absolute Gasteiger partial charge is 0.310 e. The van der Waals surface area contributed by atoms with Gasteiger partial charge in [0.25, 0.3) is 0 Å². The third kappa shape index (κ3) is 5.19. The average molecular weight is 240 g/mol. The molecule has 3 nitrogen and oxygen atoms in total. The normalized spacial score (nSPS) is 10.1. The quantitative estimate of drug-likeness (QED) is 0.470. The number of hydrogen-bond donors (Lipinski definition) is 1. The molecule has 88 valence electrons. The van der Waals surface area contributed by atoms with Crippen LogP contribution in [-0.4, -0.2) is 25.8 Å².